The first-order valence-electron chi connectivity index (χ1n) is 9.70. The maximum atomic E-state index is 11.3. The Hall–Kier alpha value is -1.77. The van der Waals surface area contributed by atoms with Gasteiger partial charge >= 0.3 is 0 Å². The summed E-state index contributed by atoms with van der Waals surface area (Å²) in [6.45, 7) is 17.5. The lowest BCUT2D eigenvalue weighted by molar-refractivity contribution is 0.112. The summed E-state index contributed by atoms with van der Waals surface area (Å²) < 4.78 is 16.4. The molecule has 0 aliphatic rings. The van der Waals surface area contributed by atoms with Crippen molar-refractivity contribution in [2.75, 3.05) is 19.8 Å². The average molecular weight is 403 g/mol. The number of nitrogens with zero attached hydrogens (tertiary/aromatic N) is 3. The van der Waals surface area contributed by atoms with Crippen LogP contribution in [0.5, 0.6) is 0 Å². The molecule has 0 aliphatic heterocycles. The van der Waals surface area contributed by atoms with Gasteiger partial charge < -0.3 is 18.5 Å². The van der Waals surface area contributed by atoms with Crippen molar-refractivity contribution in [3.05, 3.63) is 47.4 Å². The molecule has 6 nitrogen and oxygen atoms in total. The van der Waals surface area contributed by atoms with Crippen molar-refractivity contribution in [2.45, 2.75) is 52.7 Å². The highest BCUT2D eigenvalue weighted by molar-refractivity contribution is 7.44. The van der Waals surface area contributed by atoms with E-state index in [9.17, 15) is 4.79 Å². The van der Waals surface area contributed by atoms with E-state index in [1.165, 1.54) is 0 Å². The molecule has 1 aromatic carbocycles. The van der Waals surface area contributed by atoms with Gasteiger partial charge in [0.15, 0.2) is 6.29 Å². The van der Waals surface area contributed by atoms with Gasteiger partial charge in [-0.1, -0.05) is 18.2 Å². The first-order chi connectivity index (χ1) is 13.5. The highest BCUT2D eigenvalue weighted by Gasteiger charge is 2.27. The fraction of sp³-hybridized carbons (Fsp3) is 0.524. The second-order valence-electron chi connectivity index (χ2n) is 7.12. The quantitative estimate of drug-likeness (QED) is 0.213. The van der Waals surface area contributed by atoms with Crippen molar-refractivity contribution in [1.29, 1.82) is 0 Å². The SMILES string of the molecule is [C-]#[N+]CCOP(OCCCn1cc(C=O)c2ccccc21)N(C(C)C)C(C)C. The number of rotatable bonds is 12. The molecule has 0 aliphatic carbocycles. The summed E-state index contributed by atoms with van der Waals surface area (Å²) in [6.07, 6.45) is 3.62. The monoisotopic (exact) mass is 403 g/mol. The minimum atomic E-state index is -1.20. The van der Waals surface area contributed by atoms with Crippen molar-refractivity contribution in [1.82, 2.24) is 9.24 Å². The van der Waals surface area contributed by atoms with Crippen LogP contribution in [-0.4, -0.2) is 47.4 Å². The Kier molecular flexibility index (Phi) is 9.08. The van der Waals surface area contributed by atoms with Crippen molar-refractivity contribution in [2.24, 2.45) is 0 Å². The van der Waals surface area contributed by atoms with Crippen LogP contribution in [0.25, 0.3) is 15.7 Å². The minimum Gasteiger partial charge on any atom is -0.347 e. The zero-order chi connectivity index (χ0) is 20.5. The number of fused-ring (bicyclic) bond motifs is 1. The summed E-state index contributed by atoms with van der Waals surface area (Å²) >= 11 is 0. The zero-order valence-corrected chi connectivity index (χ0v) is 18.1. The second-order valence-corrected chi connectivity index (χ2v) is 8.57. The molecule has 0 fully saturated rings. The Bertz CT molecular complexity index is 790. The number of aryl methyl sites for hydroxylation is 1. The maximum Gasteiger partial charge on any atom is 0.259 e. The van der Waals surface area contributed by atoms with Crippen LogP contribution in [0.2, 0.25) is 0 Å². The predicted octanol–water partition coefficient (Wildman–Crippen LogP) is 5.14. The lowest BCUT2D eigenvalue weighted by Gasteiger charge is -2.35. The molecular formula is C21H30N3O3P. The van der Waals surface area contributed by atoms with Crippen LogP contribution in [-0.2, 0) is 15.6 Å². The van der Waals surface area contributed by atoms with Crippen LogP contribution in [0.1, 0.15) is 44.5 Å². The van der Waals surface area contributed by atoms with E-state index in [0.29, 0.717) is 37.4 Å². The number of aldehydes is 1. The van der Waals surface area contributed by atoms with Gasteiger partial charge in [0.25, 0.3) is 8.53 Å². The summed E-state index contributed by atoms with van der Waals surface area (Å²) in [5.74, 6) is 0. The van der Waals surface area contributed by atoms with E-state index in [4.69, 9.17) is 15.6 Å². The highest BCUT2D eigenvalue weighted by atomic mass is 31.2. The molecule has 2 aromatic rings. The summed E-state index contributed by atoms with van der Waals surface area (Å²) in [6, 6.07) is 8.52. The van der Waals surface area contributed by atoms with Gasteiger partial charge in [-0.15, -0.1) is 0 Å². The lowest BCUT2D eigenvalue weighted by atomic mass is 10.2. The Morgan fingerprint density at radius 1 is 1.18 bits per heavy atom. The Morgan fingerprint density at radius 3 is 2.50 bits per heavy atom. The smallest absolute Gasteiger partial charge is 0.259 e. The topological polar surface area (TPSA) is 48.1 Å². The van der Waals surface area contributed by atoms with E-state index in [0.717, 1.165) is 30.2 Å². The molecular weight excluding hydrogens is 373 g/mol. The molecule has 28 heavy (non-hydrogen) atoms. The van der Waals surface area contributed by atoms with Crippen molar-refractivity contribution >= 4 is 25.7 Å². The molecule has 1 atom stereocenters. The summed E-state index contributed by atoms with van der Waals surface area (Å²) in [5.41, 5.74) is 1.78. The molecule has 0 N–H and O–H groups in total. The second kappa shape index (κ2) is 11.3. The minimum absolute atomic E-state index is 0.294. The third-order valence-electron chi connectivity index (χ3n) is 4.34. The molecule has 0 radical (unpaired) electrons. The third-order valence-corrected chi connectivity index (χ3v) is 6.45. The fourth-order valence-corrected chi connectivity index (χ4v) is 4.86. The molecule has 0 spiro atoms. The van der Waals surface area contributed by atoms with Gasteiger partial charge in [0.05, 0.1) is 6.61 Å². The van der Waals surface area contributed by atoms with Crippen molar-refractivity contribution < 1.29 is 13.8 Å². The van der Waals surface area contributed by atoms with E-state index < -0.39 is 8.53 Å². The van der Waals surface area contributed by atoms with Gasteiger partial charge in [0.2, 0.25) is 6.54 Å². The van der Waals surface area contributed by atoms with Crippen molar-refractivity contribution in [3.8, 4) is 0 Å². The molecule has 1 unspecified atom stereocenters. The lowest BCUT2D eigenvalue weighted by Crippen LogP contribution is -2.33. The van der Waals surface area contributed by atoms with Crippen LogP contribution in [0.4, 0.5) is 0 Å². The van der Waals surface area contributed by atoms with E-state index >= 15 is 0 Å². The third kappa shape index (κ3) is 5.86. The zero-order valence-electron chi connectivity index (χ0n) is 17.2. The number of carbonyl (C=O) groups excluding carboxylic acids is 1. The van der Waals surface area contributed by atoms with Gasteiger partial charge in [-0.25, -0.2) is 11.2 Å². The Labute approximate surface area is 169 Å². The number of para-hydroxylation sites is 1. The van der Waals surface area contributed by atoms with Crippen LogP contribution >= 0.6 is 8.53 Å². The Balaban J connectivity index is 1.98. The molecule has 0 amide bonds. The van der Waals surface area contributed by atoms with Gasteiger partial charge in [0.1, 0.15) is 6.61 Å². The number of hydrogen-bond donors (Lipinski definition) is 0. The molecule has 7 heteroatoms. The molecule has 0 saturated carbocycles. The largest absolute Gasteiger partial charge is 0.347 e. The number of aromatic nitrogens is 1. The summed E-state index contributed by atoms with van der Waals surface area (Å²) in [5, 5.41) is 0.980. The first kappa shape index (κ1) is 22.5. The van der Waals surface area contributed by atoms with Gasteiger partial charge in [-0.2, -0.15) is 0 Å². The van der Waals surface area contributed by atoms with Gasteiger partial charge in [-0.3, -0.25) is 4.79 Å². The molecule has 152 valence electrons. The molecule has 0 saturated heterocycles. The van der Waals surface area contributed by atoms with Crippen LogP contribution in [0.3, 0.4) is 0 Å². The first-order valence-corrected chi connectivity index (χ1v) is 10.8. The predicted molar refractivity (Wildman–Crippen MR) is 114 cm³/mol. The van der Waals surface area contributed by atoms with E-state index in [1.54, 1.807) is 0 Å². The number of carbonyl (C=O) groups is 1. The van der Waals surface area contributed by atoms with Crippen LogP contribution < -0.4 is 0 Å². The van der Waals surface area contributed by atoms with E-state index in [-0.39, 0.29) is 0 Å². The fourth-order valence-electron chi connectivity index (χ4n) is 3.24. The summed E-state index contributed by atoms with van der Waals surface area (Å²) in [7, 11) is -1.20. The Morgan fingerprint density at radius 2 is 1.86 bits per heavy atom. The van der Waals surface area contributed by atoms with E-state index in [2.05, 4.69) is 41.8 Å². The van der Waals surface area contributed by atoms with E-state index in [1.807, 2.05) is 30.5 Å². The van der Waals surface area contributed by atoms with Gasteiger partial charge in [-0.05, 0) is 40.2 Å². The number of benzene rings is 1. The maximum absolute atomic E-state index is 11.3. The van der Waals surface area contributed by atoms with Crippen molar-refractivity contribution in [3.63, 3.8) is 0 Å². The molecule has 1 heterocycles. The van der Waals surface area contributed by atoms with Crippen LogP contribution in [0, 0.1) is 6.57 Å². The number of hydrogen-bond acceptors (Lipinski definition) is 4. The van der Waals surface area contributed by atoms with Gasteiger partial charge in [0, 0.05) is 41.3 Å². The molecule has 1 aromatic heterocycles. The molecule has 2 rings (SSSR count). The standard InChI is InChI=1S/C21H30N3O3P/c1-17(2)24(18(3)4)28(27-14-11-22-5)26-13-8-12-23-15-19(16-25)20-9-6-7-10-21(20)23/h6-7,9-10,15-18H,8,11-14H2,1-4H3. The van der Waals surface area contributed by atoms with Crippen LogP contribution in [0.15, 0.2) is 30.5 Å². The summed E-state index contributed by atoms with van der Waals surface area (Å²) in [4.78, 5) is 14.7. The average Bonchev–Trinajstić information content (AvgIpc) is 3.02. The molecule has 0 bridgehead atoms. The highest BCUT2D eigenvalue weighted by Crippen LogP contribution is 2.45. The normalized spacial score (nSPS) is 12.8.